The minimum Gasteiger partial charge on any atom is -0.495 e. The SMILES string of the molecule is COc1ccccc1N1CCN(CCCCn2nncc2-c2ccccc2C)CC1. The number of rotatable bonds is 8. The molecule has 2 aromatic carbocycles. The van der Waals surface area contributed by atoms with Crippen LogP contribution in [-0.2, 0) is 6.54 Å². The van der Waals surface area contributed by atoms with Crippen LogP contribution in [0.25, 0.3) is 11.3 Å². The third kappa shape index (κ3) is 4.65. The molecule has 1 aliphatic rings. The Labute approximate surface area is 179 Å². The Kier molecular flexibility index (Phi) is 6.64. The van der Waals surface area contributed by atoms with E-state index in [9.17, 15) is 0 Å². The predicted molar refractivity (Wildman–Crippen MR) is 121 cm³/mol. The zero-order chi connectivity index (χ0) is 20.8. The van der Waals surface area contributed by atoms with E-state index in [0.29, 0.717) is 0 Å². The van der Waals surface area contributed by atoms with Crippen molar-refractivity contribution >= 4 is 5.69 Å². The third-order valence-corrected chi connectivity index (χ3v) is 5.93. The van der Waals surface area contributed by atoms with Crippen molar-refractivity contribution in [2.24, 2.45) is 0 Å². The monoisotopic (exact) mass is 405 g/mol. The van der Waals surface area contributed by atoms with E-state index in [0.717, 1.165) is 57.1 Å². The molecule has 6 heteroatoms. The van der Waals surface area contributed by atoms with E-state index in [1.54, 1.807) is 7.11 Å². The van der Waals surface area contributed by atoms with Gasteiger partial charge in [-0.05, 0) is 44.0 Å². The number of piperazine rings is 1. The van der Waals surface area contributed by atoms with E-state index >= 15 is 0 Å². The second-order valence-corrected chi connectivity index (χ2v) is 7.86. The molecule has 4 rings (SSSR count). The van der Waals surface area contributed by atoms with E-state index < -0.39 is 0 Å². The molecule has 1 aromatic heterocycles. The minimum absolute atomic E-state index is 0.908. The first kappa shape index (κ1) is 20.4. The van der Waals surface area contributed by atoms with Gasteiger partial charge in [-0.15, -0.1) is 5.10 Å². The number of unbranched alkanes of at least 4 members (excludes halogenated alkanes) is 1. The van der Waals surface area contributed by atoms with Gasteiger partial charge in [0, 0.05) is 38.3 Å². The summed E-state index contributed by atoms with van der Waals surface area (Å²) in [5.41, 5.74) is 4.79. The van der Waals surface area contributed by atoms with Crippen LogP contribution in [0.15, 0.2) is 54.7 Å². The first-order valence-electron chi connectivity index (χ1n) is 10.8. The molecule has 0 spiro atoms. The van der Waals surface area contributed by atoms with Gasteiger partial charge >= 0.3 is 0 Å². The fraction of sp³-hybridized carbons (Fsp3) is 0.417. The Morgan fingerprint density at radius 3 is 2.43 bits per heavy atom. The van der Waals surface area contributed by atoms with Crippen LogP contribution in [-0.4, -0.2) is 59.7 Å². The van der Waals surface area contributed by atoms with Crippen LogP contribution in [0, 0.1) is 6.92 Å². The summed E-state index contributed by atoms with van der Waals surface area (Å²) in [6.07, 6.45) is 4.15. The summed E-state index contributed by atoms with van der Waals surface area (Å²) in [5.74, 6) is 0.961. The summed E-state index contributed by atoms with van der Waals surface area (Å²) in [6.45, 7) is 8.45. The Morgan fingerprint density at radius 1 is 0.900 bits per heavy atom. The normalized spacial score (nSPS) is 14.8. The Hall–Kier alpha value is -2.86. The number of nitrogens with zero attached hydrogens (tertiary/aromatic N) is 5. The van der Waals surface area contributed by atoms with Gasteiger partial charge in [-0.3, -0.25) is 4.90 Å². The number of hydrogen-bond donors (Lipinski definition) is 0. The molecule has 158 valence electrons. The molecule has 0 amide bonds. The fourth-order valence-electron chi connectivity index (χ4n) is 4.19. The predicted octanol–water partition coefficient (Wildman–Crippen LogP) is 3.86. The van der Waals surface area contributed by atoms with Gasteiger partial charge in [0.15, 0.2) is 0 Å². The number of aryl methyl sites for hydroxylation is 2. The fourth-order valence-corrected chi connectivity index (χ4v) is 4.19. The molecule has 1 saturated heterocycles. The van der Waals surface area contributed by atoms with E-state index in [2.05, 4.69) is 63.4 Å². The molecule has 6 nitrogen and oxygen atoms in total. The number of hydrogen-bond acceptors (Lipinski definition) is 5. The van der Waals surface area contributed by atoms with Crippen LogP contribution < -0.4 is 9.64 Å². The van der Waals surface area contributed by atoms with Crippen molar-refractivity contribution in [3.05, 3.63) is 60.3 Å². The molecule has 2 heterocycles. The molecule has 0 N–H and O–H groups in total. The highest BCUT2D eigenvalue weighted by Crippen LogP contribution is 2.28. The van der Waals surface area contributed by atoms with E-state index in [1.165, 1.54) is 23.2 Å². The quantitative estimate of drug-likeness (QED) is 0.533. The minimum atomic E-state index is 0.908. The van der Waals surface area contributed by atoms with Crippen molar-refractivity contribution < 1.29 is 4.74 Å². The van der Waals surface area contributed by atoms with Gasteiger partial charge in [-0.1, -0.05) is 41.6 Å². The molecule has 3 aromatic rings. The Morgan fingerprint density at radius 2 is 1.63 bits per heavy atom. The van der Waals surface area contributed by atoms with Gasteiger partial charge in [-0.2, -0.15) is 0 Å². The van der Waals surface area contributed by atoms with Crippen LogP contribution in [0.2, 0.25) is 0 Å². The zero-order valence-corrected chi connectivity index (χ0v) is 18.0. The van der Waals surface area contributed by atoms with Crippen molar-refractivity contribution in [3.8, 4) is 17.0 Å². The van der Waals surface area contributed by atoms with Gasteiger partial charge in [0.1, 0.15) is 5.75 Å². The summed E-state index contributed by atoms with van der Waals surface area (Å²) in [5, 5.41) is 8.46. The molecule has 0 radical (unpaired) electrons. The lowest BCUT2D eigenvalue weighted by Gasteiger charge is -2.36. The summed E-state index contributed by atoms with van der Waals surface area (Å²) in [6, 6.07) is 16.7. The summed E-state index contributed by atoms with van der Waals surface area (Å²) < 4.78 is 7.56. The average Bonchev–Trinajstić information content (AvgIpc) is 3.26. The summed E-state index contributed by atoms with van der Waals surface area (Å²) >= 11 is 0. The van der Waals surface area contributed by atoms with E-state index in [4.69, 9.17) is 4.74 Å². The maximum absolute atomic E-state index is 5.52. The van der Waals surface area contributed by atoms with Crippen LogP contribution in [0.4, 0.5) is 5.69 Å². The maximum Gasteiger partial charge on any atom is 0.142 e. The van der Waals surface area contributed by atoms with Gasteiger partial charge in [0.25, 0.3) is 0 Å². The van der Waals surface area contributed by atoms with Crippen LogP contribution in [0.3, 0.4) is 0 Å². The van der Waals surface area contributed by atoms with E-state index in [1.807, 2.05) is 23.0 Å². The topological polar surface area (TPSA) is 46.4 Å². The van der Waals surface area contributed by atoms with Crippen LogP contribution in [0.5, 0.6) is 5.75 Å². The largest absolute Gasteiger partial charge is 0.495 e. The van der Waals surface area contributed by atoms with E-state index in [-0.39, 0.29) is 0 Å². The summed E-state index contributed by atoms with van der Waals surface area (Å²) in [4.78, 5) is 4.99. The van der Waals surface area contributed by atoms with Crippen molar-refractivity contribution in [2.45, 2.75) is 26.3 Å². The first-order valence-corrected chi connectivity index (χ1v) is 10.8. The highest BCUT2D eigenvalue weighted by atomic mass is 16.5. The molecule has 0 bridgehead atoms. The second kappa shape index (κ2) is 9.76. The third-order valence-electron chi connectivity index (χ3n) is 5.93. The molecule has 0 unspecified atom stereocenters. The van der Waals surface area contributed by atoms with Gasteiger partial charge in [0.05, 0.1) is 24.7 Å². The second-order valence-electron chi connectivity index (χ2n) is 7.86. The van der Waals surface area contributed by atoms with Crippen molar-refractivity contribution in [2.75, 3.05) is 44.7 Å². The Bertz CT molecular complexity index is 946. The molecular weight excluding hydrogens is 374 g/mol. The van der Waals surface area contributed by atoms with Crippen molar-refractivity contribution in [1.82, 2.24) is 19.9 Å². The number of benzene rings is 2. The van der Waals surface area contributed by atoms with Crippen LogP contribution >= 0.6 is 0 Å². The van der Waals surface area contributed by atoms with Crippen LogP contribution in [0.1, 0.15) is 18.4 Å². The number of methoxy groups -OCH3 is 1. The standard InChI is InChI=1S/C24H31N5O/c1-20-9-3-4-10-21(20)23-19-25-26-29(23)14-8-7-13-27-15-17-28(18-16-27)22-11-5-6-12-24(22)30-2/h3-6,9-12,19H,7-8,13-18H2,1-2H3. The number of para-hydroxylation sites is 2. The van der Waals surface area contributed by atoms with Crippen molar-refractivity contribution in [3.63, 3.8) is 0 Å². The molecule has 0 aliphatic carbocycles. The van der Waals surface area contributed by atoms with Gasteiger partial charge < -0.3 is 9.64 Å². The summed E-state index contributed by atoms with van der Waals surface area (Å²) in [7, 11) is 1.74. The molecule has 30 heavy (non-hydrogen) atoms. The lowest BCUT2D eigenvalue weighted by atomic mass is 10.1. The number of ether oxygens (including phenoxy) is 1. The average molecular weight is 406 g/mol. The number of anilines is 1. The smallest absolute Gasteiger partial charge is 0.142 e. The lowest BCUT2D eigenvalue weighted by Crippen LogP contribution is -2.46. The number of aromatic nitrogens is 3. The molecule has 0 atom stereocenters. The molecule has 1 fully saturated rings. The highest BCUT2D eigenvalue weighted by molar-refractivity contribution is 5.62. The Balaban J connectivity index is 1.23. The molecule has 0 saturated carbocycles. The van der Waals surface area contributed by atoms with Gasteiger partial charge in [0.2, 0.25) is 0 Å². The maximum atomic E-state index is 5.52. The zero-order valence-electron chi connectivity index (χ0n) is 18.0. The lowest BCUT2D eigenvalue weighted by molar-refractivity contribution is 0.250. The highest BCUT2D eigenvalue weighted by Gasteiger charge is 2.19. The molecule has 1 aliphatic heterocycles. The van der Waals surface area contributed by atoms with Crippen molar-refractivity contribution in [1.29, 1.82) is 0 Å². The molecular formula is C24H31N5O. The van der Waals surface area contributed by atoms with Gasteiger partial charge in [-0.25, -0.2) is 4.68 Å². The first-order chi connectivity index (χ1) is 14.8.